The molecule has 1 aliphatic carbocycles. The molecule has 0 aromatic heterocycles. The first-order chi connectivity index (χ1) is 10.6. The van der Waals surface area contributed by atoms with Crippen LogP contribution in [-0.4, -0.2) is 30.2 Å². The monoisotopic (exact) mass is 305 g/mol. The summed E-state index contributed by atoms with van der Waals surface area (Å²) < 4.78 is 26.9. The predicted molar refractivity (Wildman–Crippen MR) is 77.0 cm³/mol. The van der Waals surface area contributed by atoms with Crippen LogP contribution in [0, 0.1) is 29.4 Å². The summed E-state index contributed by atoms with van der Waals surface area (Å²) in [6.07, 6.45) is 3.23. The highest BCUT2D eigenvalue weighted by Gasteiger charge is 2.50. The van der Waals surface area contributed by atoms with Crippen LogP contribution in [0.15, 0.2) is 23.3 Å². The van der Waals surface area contributed by atoms with Gasteiger partial charge in [-0.3, -0.25) is 4.79 Å². The fourth-order valence-electron chi connectivity index (χ4n) is 3.97. The van der Waals surface area contributed by atoms with Gasteiger partial charge in [-0.05, 0) is 49.0 Å². The molecule has 2 fully saturated rings. The Morgan fingerprint density at radius 2 is 1.86 bits per heavy atom. The standard InChI is InChI=1S/C16H17F2N3O/c17-12-4-9(5-13(18)6-12)14-1-2-20-21(14)16(22)15-10-3-11(15)8-19-7-10/h2,4-6,10-11,14-15,19H,1,3,7-8H2. The third-order valence-corrected chi connectivity index (χ3v) is 5.04. The normalized spacial score (nSPS) is 32.9. The van der Waals surface area contributed by atoms with Crippen LogP contribution >= 0.6 is 0 Å². The highest BCUT2D eigenvalue weighted by atomic mass is 19.1. The van der Waals surface area contributed by atoms with E-state index >= 15 is 0 Å². The van der Waals surface area contributed by atoms with Gasteiger partial charge in [-0.25, -0.2) is 13.8 Å². The lowest BCUT2D eigenvalue weighted by Crippen LogP contribution is -2.58. The number of carbonyl (C=O) groups excluding carboxylic acids is 1. The largest absolute Gasteiger partial charge is 0.316 e. The van der Waals surface area contributed by atoms with E-state index in [1.54, 1.807) is 6.21 Å². The summed E-state index contributed by atoms with van der Waals surface area (Å²) in [7, 11) is 0. The molecular weight excluding hydrogens is 288 g/mol. The number of hydrazone groups is 1. The summed E-state index contributed by atoms with van der Waals surface area (Å²) in [5.74, 6) is -0.527. The van der Waals surface area contributed by atoms with Crippen molar-refractivity contribution in [3.05, 3.63) is 35.4 Å². The van der Waals surface area contributed by atoms with Gasteiger partial charge in [-0.2, -0.15) is 5.10 Å². The Bertz CT molecular complexity index is 614. The van der Waals surface area contributed by atoms with Crippen molar-refractivity contribution in [1.82, 2.24) is 10.3 Å². The molecule has 6 heteroatoms. The lowest BCUT2D eigenvalue weighted by molar-refractivity contribution is -0.149. The van der Waals surface area contributed by atoms with Crippen LogP contribution in [0.1, 0.15) is 24.4 Å². The SMILES string of the molecule is O=C(C1C2CNCC1C2)N1N=CCC1c1cc(F)cc(F)c1. The molecule has 1 aromatic rings. The summed E-state index contributed by atoms with van der Waals surface area (Å²) in [4.78, 5) is 12.8. The van der Waals surface area contributed by atoms with Gasteiger partial charge < -0.3 is 5.32 Å². The van der Waals surface area contributed by atoms with Crippen molar-refractivity contribution in [2.75, 3.05) is 13.1 Å². The molecule has 1 aromatic carbocycles. The first kappa shape index (κ1) is 13.8. The van der Waals surface area contributed by atoms with Gasteiger partial charge in [0.25, 0.3) is 0 Å². The minimum absolute atomic E-state index is 0.00240. The number of amides is 1. The van der Waals surface area contributed by atoms with Crippen LogP contribution in [0.2, 0.25) is 0 Å². The zero-order valence-electron chi connectivity index (χ0n) is 12.0. The van der Waals surface area contributed by atoms with E-state index in [2.05, 4.69) is 10.4 Å². The molecule has 2 aliphatic heterocycles. The molecule has 3 atom stereocenters. The van der Waals surface area contributed by atoms with Gasteiger partial charge in [0, 0.05) is 24.6 Å². The van der Waals surface area contributed by atoms with Gasteiger partial charge >= 0.3 is 0 Å². The number of fused-ring (bicyclic) bond motifs is 2. The molecule has 1 N–H and O–H groups in total. The van der Waals surface area contributed by atoms with Crippen LogP contribution in [0.4, 0.5) is 8.78 Å². The smallest absolute Gasteiger partial charge is 0.247 e. The summed E-state index contributed by atoms with van der Waals surface area (Å²) in [5.41, 5.74) is 0.464. The Morgan fingerprint density at radius 1 is 1.18 bits per heavy atom. The van der Waals surface area contributed by atoms with Gasteiger partial charge in [-0.1, -0.05) is 0 Å². The van der Waals surface area contributed by atoms with E-state index in [-0.39, 0.29) is 11.8 Å². The van der Waals surface area contributed by atoms with Crippen molar-refractivity contribution in [2.24, 2.45) is 22.9 Å². The molecular formula is C16H17F2N3O. The minimum atomic E-state index is -0.626. The van der Waals surface area contributed by atoms with E-state index in [1.807, 2.05) is 0 Å². The van der Waals surface area contributed by atoms with E-state index in [4.69, 9.17) is 0 Å². The van der Waals surface area contributed by atoms with Crippen LogP contribution in [0.3, 0.4) is 0 Å². The molecule has 22 heavy (non-hydrogen) atoms. The zero-order chi connectivity index (χ0) is 15.3. The van der Waals surface area contributed by atoms with E-state index in [0.717, 1.165) is 25.6 Å². The second-order valence-corrected chi connectivity index (χ2v) is 6.38. The van der Waals surface area contributed by atoms with Gasteiger partial charge in [0.15, 0.2) is 0 Å². The fraction of sp³-hybridized carbons (Fsp3) is 0.500. The third-order valence-electron chi connectivity index (χ3n) is 5.04. The van der Waals surface area contributed by atoms with E-state index < -0.39 is 17.7 Å². The van der Waals surface area contributed by atoms with Crippen LogP contribution in [-0.2, 0) is 4.79 Å². The van der Waals surface area contributed by atoms with Gasteiger partial charge in [0.2, 0.25) is 5.91 Å². The lowest BCUT2D eigenvalue weighted by atomic mass is 9.61. The van der Waals surface area contributed by atoms with Gasteiger partial charge in [0.1, 0.15) is 11.6 Å². The zero-order valence-corrected chi connectivity index (χ0v) is 12.0. The Hall–Kier alpha value is -1.82. The van der Waals surface area contributed by atoms with Crippen molar-refractivity contribution < 1.29 is 13.6 Å². The molecule has 4 nitrogen and oxygen atoms in total. The number of hydrogen-bond acceptors (Lipinski definition) is 3. The first-order valence-electron chi connectivity index (χ1n) is 7.65. The maximum Gasteiger partial charge on any atom is 0.247 e. The Balaban J connectivity index is 1.58. The number of benzene rings is 1. The van der Waals surface area contributed by atoms with Crippen LogP contribution in [0.25, 0.3) is 0 Å². The Morgan fingerprint density at radius 3 is 2.50 bits per heavy atom. The number of piperidine rings is 2. The number of carbonyl (C=O) groups is 1. The molecule has 116 valence electrons. The average Bonchev–Trinajstić information content (AvgIpc) is 2.96. The molecule has 3 aliphatic rings. The summed E-state index contributed by atoms with van der Waals surface area (Å²) in [5, 5.41) is 8.92. The van der Waals surface area contributed by atoms with Gasteiger partial charge in [0.05, 0.1) is 6.04 Å². The number of halogens is 2. The Kier molecular flexibility index (Phi) is 3.22. The second-order valence-electron chi connectivity index (χ2n) is 6.38. The second kappa shape index (κ2) is 5.12. The minimum Gasteiger partial charge on any atom is -0.316 e. The van der Waals surface area contributed by atoms with Gasteiger partial charge in [-0.15, -0.1) is 0 Å². The maximum atomic E-state index is 13.4. The lowest BCUT2D eigenvalue weighted by Gasteiger charge is -2.49. The highest BCUT2D eigenvalue weighted by molar-refractivity contribution is 5.83. The van der Waals surface area contributed by atoms with E-state index in [1.165, 1.54) is 17.1 Å². The number of hydrogen-bond donors (Lipinski definition) is 1. The molecule has 3 unspecified atom stereocenters. The molecule has 1 saturated carbocycles. The molecule has 0 radical (unpaired) electrons. The van der Waals surface area contributed by atoms with Crippen LogP contribution < -0.4 is 5.32 Å². The van der Waals surface area contributed by atoms with Crippen molar-refractivity contribution in [3.8, 4) is 0 Å². The van der Waals surface area contributed by atoms with E-state index in [0.29, 0.717) is 23.8 Å². The number of nitrogens with zero attached hydrogens (tertiary/aromatic N) is 2. The fourth-order valence-corrected chi connectivity index (χ4v) is 3.97. The van der Waals surface area contributed by atoms with Crippen LogP contribution in [0.5, 0.6) is 0 Å². The molecule has 1 amide bonds. The number of nitrogens with one attached hydrogen (secondary N) is 1. The predicted octanol–water partition coefficient (Wildman–Crippen LogP) is 2.08. The Labute approximate surface area is 127 Å². The maximum absolute atomic E-state index is 13.4. The van der Waals surface area contributed by atoms with Crippen molar-refractivity contribution in [3.63, 3.8) is 0 Å². The van der Waals surface area contributed by atoms with E-state index in [9.17, 15) is 13.6 Å². The molecule has 4 rings (SSSR count). The molecule has 2 bridgehead atoms. The topological polar surface area (TPSA) is 44.7 Å². The quantitative estimate of drug-likeness (QED) is 0.909. The highest BCUT2D eigenvalue weighted by Crippen LogP contribution is 2.45. The summed E-state index contributed by atoms with van der Waals surface area (Å²) >= 11 is 0. The molecule has 1 saturated heterocycles. The average molecular weight is 305 g/mol. The van der Waals surface area contributed by atoms with Crippen molar-refractivity contribution in [2.45, 2.75) is 18.9 Å². The van der Waals surface area contributed by atoms with Crippen molar-refractivity contribution in [1.29, 1.82) is 0 Å². The molecule has 0 spiro atoms. The summed E-state index contributed by atoms with van der Waals surface area (Å²) in [6, 6.07) is 3.01. The van der Waals surface area contributed by atoms with Crippen molar-refractivity contribution >= 4 is 12.1 Å². The summed E-state index contributed by atoms with van der Waals surface area (Å²) in [6.45, 7) is 1.73. The number of rotatable bonds is 2. The molecule has 2 heterocycles. The first-order valence-corrected chi connectivity index (χ1v) is 7.65. The third kappa shape index (κ3) is 2.13.